The molecule has 7 nitrogen and oxygen atoms in total. The van der Waals surface area contributed by atoms with Crippen molar-refractivity contribution in [1.82, 2.24) is 14.7 Å². The Morgan fingerprint density at radius 2 is 2.00 bits per heavy atom. The molecule has 2 heterocycles. The molecule has 1 fully saturated rings. The number of anilines is 1. The van der Waals surface area contributed by atoms with Crippen LogP contribution >= 0.6 is 0 Å². The molecule has 0 spiro atoms. The van der Waals surface area contributed by atoms with E-state index in [1.54, 1.807) is 10.9 Å². The lowest BCUT2D eigenvalue weighted by Gasteiger charge is -2.19. The second-order valence-electron chi connectivity index (χ2n) is 4.50. The number of nitrogens with zero attached hydrogens (tertiary/aromatic N) is 3. The Bertz CT molecular complexity index is 360. The molecule has 0 aromatic carbocycles. The summed E-state index contributed by atoms with van der Waals surface area (Å²) >= 11 is 0. The maximum Gasteiger partial charge on any atom is 0.0938 e. The topological polar surface area (TPSA) is 108 Å². The summed E-state index contributed by atoms with van der Waals surface area (Å²) in [5, 5.41) is 32.5. The number of aliphatic hydroxyl groups is 3. The van der Waals surface area contributed by atoms with Gasteiger partial charge < -0.3 is 21.1 Å². The van der Waals surface area contributed by atoms with Crippen molar-refractivity contribution < 1.29 is 15.3 Å². The number of nitrogens with two attached hydrogens (primary N) is 1. The quantitative estimate of drug-likeness (QED) is 0.480. The van der Waals surface area contributed by atoms with Crippen molar-refractivity contribution in [1.29, 1.82) is 0 Å². The van der Waals surface area contributed by atoms with E-state index in [9.17, 15) is 15.3 Å². The van der Waals surface area contributed by atoms with Crippen LogP contribution in [0.15, 0.2) is 12.4 Å². The highest BCUT2D eigenvalue weighted by atomic mass is 16.3. The van der Waals surface area contributed by atoms with Crippen molar-refractivity contribution in [2.75, 3.05) is 25.4 Å². The Morgan fingerprint density at radius 1 is 1.35 bits per heavy atom. The van der Waals surface area contributed by atoms with Gasteiger partial charge in [0, 0.05) is 25.8 Å². The van der Waals surface area contributed by atoms with Gasteiger partial charge in [-0.3, -0.25) is 9.58 Å². The first-order chi connectivity index (χ1) is 8.04. The molecule has 0 aliphatic carbocycles. The largest absolute Gasteiger partial charge is 0.396 e. The molecule has 1 saturated heterocycles. The average molecular weight is 242 g/mol. The molecule has 3 atom stereocenters. The number of aliphatic hydroxyl groups excluding tert-OH is 3. The second kappa shape index (κ2) is 5.01. The van der Waals surface area contributed by atoms with E-state index in [2.05, 4.69) is 5.10 Å². The Morgan fingerprint density at radius 3 is 2.53 bits per heavy atom. The number of β-amino-alcohol motifs (C(OH)–C–C–N with tert-alkyl or cyclic N) is 3. The van der Waals surface area contributed by atoms with Gasteiger partial charge in [-0.25, -0.2) is 0 Å². The highest BCUT2D eigenvalue weighted by Crippen LogP contribution is 2.10. The molecule has 0 saturated carbocycles. The van der Waals surface area contributed by atoms with Crippen molar-refractivity contribution >= 4 is 5.69 Å². The molecule has 96 valence electrons. The maximum absolute atomic E-state index is 9.84. The van der Waals surface area contributed by atoms with Crippen molar-refractivity contribution in [3.05, 3.63) is 12.4 Å². The fraction of sp³-hybridized carbons (Fsp3) is 0.700. The molecule has 17 heavy (non-hydrogen) atoms. The van der Waals surface area contributed by atoms with Crippen molar-refractivity contribution in [3.63, 3.8) is 0 Å². The predicted octanol–water partition coefficient (Wildman–Crippen LogP) is -2.14. The molecule has 2 rings (SSSR count). The van der Waals surface area contributed by atoms with Crippen molar-refractivity contribution in [2.45, 2.75) is 24.9 Å². The number of nitrogen functional groups attached to an aromatic ring is 1. The van der Waals surface area contributed by atoms with Gasteiger partial charge in [-0.05, 0) is 0 Å². The summed E-state index contributed by atoms with van der Waals surface area (Å²) in [5.41, 5.74) is 6.07. The fourth-order valence-electron chi connectivity index (χ4n) is 2.05. The predicted molar refractivity (Wildman–Crippen MR) is 61.1 cm³/mol. The molecule has 0 radical (unpaired) electrons. The smallest absolute Gasteiger partial charge is 0.0938 e. The fourth-order valence-corrected chi connectivity index (χ4v) is 2.05. The minimum atomic E-state index is -0.720. The third-order valence-corrected chi connectivity index (χ3v) is 2.85. The van der Waals surface area contributed by atoms with Crippen LogP contribution < -0.4 is 5.73 Å². The molecule has 1 aliphatic heterocycles. The van der Waals surface area contributed by atoms with Crippen LogP contribution in [0.5, 0.6) is 0 Å². The first kappa shape index (κ1) is 12.3. The highest BCUT2D eigenvalue weighted by molar-refractivity contribution is 5.30. The summed E-state index contributed by atoms with van der Waals surface area (Å²) < 4.78 is 1.57. The minimum Gasteiger partial charge on any atom is -0.396 e. The number of hydrogen-bond donors (Lipinski definition) is 4. The molecule has 0 bridgehead atoms. The Kier molecular flexibility index (Phi) is 3.63. The lowest BCUT2D eigenvalue weighted by atomic mass is 10.3. The second-order valence-corrected chi connectivity index (χ2v) is 4.50. The van der Waals surface area contributed by atoms with Crippen LogP contribution in [0, 0.1) is 0 Å². The minimum absolute atomic E-state index is 0.347. The van der Waals surface area contributed by atoms with E-state index < -0.39 is 18.3 Å². The summed E-state index contributed by atoms with van der Waals surface area (Å²) in [6.45, 7) is 1.52. The van der Waals surface area contributed by atoms with E-state index in [0.29, 0.717) is 31.9 Å². The molecule has 3 unspecified atom stereocenters. The maximum atomic E-state index is 9.84. The van der Waals surface area contributed by atoms with Gasteiger partial charge in [0.25, 0.3) is 0 Å². The molecule has 1 aromatic heterocycles. The van der Waals surface area contributed by atoms with Crippen LogP contribution in [-0.4, -0.2) is 67.9 Å². The molecular weight excluding hydrogens is 224 g/mol. The van der Waals surface area contributed by atoms with E-state index >= 15 is 0 Å². The zero-order valence-corrected chi connectivity index (χ0v) is 9.48. The summed E-state index contributed by atoms with van der Waals surface area (Å²) in [6, 6.07) is 0. The Labute approximate surface area is 99.1 Å². The Balaban J connectivity index is 1.80. The van der Waals surface area contributed by atoms with Crippen molar-refractivity contribution in [3.8, 4) is 0 Å². The molecule has 0 amide bonds. The third-order valence-electron chi connectivity index (χ3n) is 2.85. The number of aromatic nitrogens is 2. The first-order valence-corrected chi connectivity index (χ1v) is 5.59. The summed E-state index contributed by atoms with van der Waals surface area (Å²) in [4.78, 5) is 1.83. The number of hydrogen-bond acceptors (Lipinski definition) is 6. The zero-order chi connectivity index (χ0) is 12.4. The summed E-state index contributed by atoms with van der Waals surface area (Å²) in [7, 11) is 0. The summed E-state index contributed by atoms with van der Waals surface area (Å²) in [6.07, 6.45) is 1.13. The molecule has 1 aliphatic rings. The van der Waals surface area contributed by atoms with Gasteiger partial charge in [-0.15, -0.1) is 0 Å². The number of likely N-dealkylation sites (tertiary alicyclic amines) is 1. The highest BCUT2D eigenvalue weighted by Gasteiger charge is 2.30. The van der Waals surface area contributed by atoms with Crippen LogP contribution in [0.2, 0.25) is 0 Å². The van der Waals surface area contributed by atoms with Crippen molar-refractivity contribution in [2.24, 2.45) is 0 Å². The van der Waals surface area contributed by atoms with Crippen LogP contribution in [0.3, 0.4) is 0 Å². The first-order valence-electron chi connectivity index (χ1n) is 5.59. The van der Waals surface area contributed by atoms with Gasteiger partial charge in [0.1, 0.15) is 0 Å². The van der Waals surface area contributed by atoms with E-state index in [1.165, 1.54) is 6.20 Å². The molecule has 1 aromatic rings. The van der Waals surface area contributed by atoms with Crippen LogP contribution in [0.4, 0.5) is 5.69 Å². The van der Waals surface area contributed by atoms with Gasteiger partial charge >= 0.3 is 0 Å². The lowest BCUT2D eigenvalue weighted by molar-refractivity contribution is 0.0572. The van der Waals surface area contributed by atoms with Crippen LogP contribution in [-0.2, 0) is 6.54 Å². The van der Waals surface area contributed by atoms with Gasteiger partial charge in [0.15, 0.2) is 0 Å². The normalized spacial score (nSPS) is 27.5. The standard InChI is InChI=1S/C10H18N4O3/c11-7-1-12-14(2-7)4-8(15)3-13-5-9(16)10(17)6-13/h1-2,8-10,15-17H,3-6,11H2. The van der Waals surface area contributed by atoms with Gasteiger partial charge in [0.05, 0.1) is 36.7 Å². The lowest BCUT2D eigenvalue weighted by Crippen LogP contribution is -2.34. The zero-order valence-electron chi connectivity index (χ0n) is 9.48. The Hall–Kier alpha value is -1.15. The molecular formula is C10H18N4O3. The molecule has 5 N–H and O–H groups in total. The third kappa shape index (κ3) is 3.16. The van der Waals surface area contributed by atoms with E-state index in [1.807, 2.05) is 4.90 Å². The van der Waals surface area contributed by atoms with E-state index in [0.717, 1.165) is 0 Å². The van der Waals surface area contributed by atoms with Crippen LogP contribution in [0.1, 0.15) is 0 Å². The summed E-state index contributed by atoms with van der Waals surface area (Å²) in [5.74, 6) is 0. The van der Waals surface area contributed by atoms with Gasteiger partial charge in [-0.1, -0.05) is 0 Å². The van der Waals surface area contributed by atoms with Gasteiger partial charge in [0.2, 0.25) is 0 Å². The number of rotatable bonds is 4. The SMILES string of the molecule is Nc1cnn(CC(O)CN2CC(O)C(O)C2)c1. The van der Waals surface area contributed by atoms with Gasteiger partial charge in [-0.2, -0.15) is 5.10 Å². The van der Waals surface area contributed by atoms with Crippen LogP contribution in [0.25, 0.3) is 0 Å². The van der Waals surface area contributed by atoms with E-state index in [4.69, 9.17) is 5.73 Å². The molecule has 7 heteroatoms. The average Bonchev–Trinajstić information content (AvgIpc) is 2.75. The van der Waals surface area contributed by atoms with E-state index in [-0.39, 0.29) is 0 Å². The monoisotopic (exact) mass is 242 g/mol.